The molecule has 0 bridgehead atoms. The number of rotatable bonds is 6. The van der Waals surface area contributed by atoms with Crippen LogP contribution in [0.1, 0.15) is 40.0 Å². The van der Waals surface area contributed by atoms with Crippen molar-refractivity contribution < 1.29 is 4.74 Å². The summed E-state index contributed by atoms with van der Waals surface area (Å²) in [5.41, 5.74) is 0.196. The van der Waals surface area contributed by atoms with Crippen LogP contribution < -0.4 is 10.1 Å². The Balaban J connectivity index is 2.15. The van der Waals surface area contributed by atoms with E-state index in [-0.39, 0.29) is 11.5 Å². The smallest absolute Gasteiger partial charge is 0.139 e. The van der Waals surface area contributed by atoms with E-state index >= 15 is 0 Å². The quantitative estimate of drug-likeness (QED) is 0.803. The average molecular weight is 316 g/mol. The molecule has 2 atom stereocenters. The van der Waals surface area contributed by atoms with Crippen LogP contribution >= 0.6 is 23.2 Å². The van der Waals surface area contributed by atoms with Gasteiger partial charge in [0.25, 0.3) is 0 Å². The number of halogens is 2. The fourth-order valence-electron chi connectivity index (χ4n) is 3.36. The van der Waals surface area contributed by atoms with E-state index in [0.717, 1.165) is 25.8 Å². The molecule has 20 heavy (non-hydrogen) atoms. The maximum Gasteiger partial charge on any atom is 0.139 e. The van der Waals surface area contributed by atoms with Gasteiger partial charge in [0.15, 0.2) is 0 Å². The SMILES string of the molecule is CCNC1CC(Oc2cc(Cl)ccc2Cl)C1(CC)CC. The maximum absolute atomic E-state index is 6.20. The molecule has 1 saturated carbocycles. The lowest BCUT2D eigenvalue weighted by atomic mass is 9.58. The van der Waals surface area contributed by atoms with E-state index in [9.17, 15) is 0 Å². The molecule has 1 aromatic rings. The molecule has 0 radical (unpaired) electrons. The fourth-order valence-corrected chi connectivity index (χ4v) is 3.69. The molecule has 4 heteroatoms. The highest BCUT2D eigenvalue weighted by molar-refractivity contribution is 6.34. The zero-order valence-electron chi connectivity index (χ0n) is 12.4. The molecule has 2 unspecified atom stereocenters. The van der Waals surface area contributed by atoms with Crippen molar-refractivity contribution in [2.75, 3.05) is 6.54 Å². The molecule has 0 heterocycles. The zero-order chi connectivity index (χ0) is 14.8. The second-order valence-electron chi connectivity index (χ2n) is 5.47. The zero-order valence-corrected chi connectivity index (χ0v) is 13.9. The maximum atomic E-state index is 6.20. The predicted molar refractivity (Wildman–Crippen MR) is 86.0 cm³/mol. The first-order valence-corrected chi connectivity index (χ1v) is 8.18. The summed E-state index contributed by atoms with van der Waals surface area (Å²) in [6, 6.07) is 5.91. The molecule has 0 spiro atoms. The summed E-state index contributed by atoms with van der Waals surface area (Å²) >= 11 is 12.2. The van der Waals surface area contributed by atoms with Crippen molar-refractivity contribution in [3.8, 4) is 5.75 Å². The van der Waals surface area contributed by atoms with Crippen molar-refractivity contribution in [2.45, 2.75) is 52.2 Å². The number of hydrogen-bond acceptors (Lipinski definition) is 2. The standard InChI is InChI=1S/C16H23Cl2NO/c1-4-16(5-2)14(19-6-3)10-15(16)20-13-9-11(17)7-8-12(13)18/h7-9,14-15,19H,4-6,10H2,1-3H3. The lowest BCUT2D eigenvalue weighted by Gasteiger charge is -2.55. The highest BCUT2D eigenvalue weighted by atomic mass is 35.5. The van der Waals surface area contributed by atoms with E-state index in [1.165, 1.54) is 0 Å². The highest BCUT2D eigenvalue weighted by Crippen LogP contribution is 2.49. The summed E-state index contributed by atoms with van der Waals surface area (Å²) in [6.07, 6.45) is 3.43. The van der Waals surface area contributed by atoms with Crippen LogP contribution in [0.15, 0.2) is 18.2 Å². The Kier molecular flexibility index (Phi) is 5.22. The Hall–Kier alpha value is -0.440. The normalized spacial score (nSPS) is 24.2. The van der Waals surface area contributed by atoms with Crippen molar-refractivity contribution >= 4 is 23.2 Å². The van der Waals surface area contributed by atoms with Crippen LogP contribution in [0.25, 0.3) is 0 Å². The van der Waals surface area contributed by atoms with Gasteiger partial charge in [0, 0.05) is 29.0 Å². The van der Waals surface area contributed by atoms with E-state index < -0.39 is 0 Å². The minimum absolute atomic E-state index is 0.196. The van der Waals surface area contributed by atoms with Crippen LogP contribution in [0.5, 0.6) is 5.75 Å². The molecule has 0 saturated heterocycles. The van der Waals surface area contributed by atoms with E-state index in [4.69, 9.17) is 27.9 Å². The van der Waals surface area contributed by atoms with Gasteiger partial charge < -0.3 is 10.1 Å². The highest BCUT2D eigenvalue weighted by Gasteiger charge is 2.53. The van der Waals surface area contributed by atoms with Gasteiger partial charge in [-0.2, -0.15) is 0 Å². The van der Waals surface area contributed by atoms with E-state index in [0.29, 0.717) is 21.8 Å². The summed E-state index contributed by atoms with van der Waals surface area (Å²) in [7, 11) is 0. The number of hydrogen-bond donors (Lipinski definition) is 1. The lowest BCUT2D eigenvalue weighted by molar-refractivity contribution is -0.0853. The largest absolute Gasteiger partial charge is 0.488 e. The molecule has 1 aromatic carbocycles. The molecule has 2 nitrogen and oxygen atoms in total. The number of benzene rings is 1. The Morgan fingerprint density at radius 3 is 2.55 bits per heavy atom. The van der Waals surface area contributed by atoms with Gasteiger partial charge >= 0.3 is 0 Å². The van der Waals surface area contributed by atoms with Gasteiger partial charge in [-0.05, 0) is 31.5 Å². The molecular weight excluding hydrogens is 293 g/mol. The minimum atomic E-state index is 0.196. The molecule has 0 aromatic heterocycles. The first kappa shape index (κ1) is 15.9. The topological polar surface area (TPSA) is 21.3 Å². The van der Waals surface area contributed by atoms with Gasteiger partial charge in [0.1, 0.15) is 11.9 Å². The van der Waals surface area contributed by atoms with Crippen LogP contribution in [-0.2, 0) is 0 Å². The Morgan fingerprint density at radius 1 is 1.25 bits per heavy atom. The predicted octanol–water partition coefficient (Wildman–Crippen LogP) is 4.93. The molecular formula is C16H23Cl2NO. The Morgan fingerprint density at radius 2 is 1.95 bits per heavy atom. The minimum Gasteiger partial charge on any atom is -0.488 e. The van der Waals surface area contributed by atoms with Gasteiger partial charge in [0.2, 0.25) is 0 Å². The molecule has 1 fully saturated rings. The van der Waals surface area contributed by atoms with Gasteiger partial charge in [0.05, 0.1) is 5.02 Å². The third-order valence-corrected chi connectivity index (χ3v) is 5.26. The van der Waals surface area contributed by atoms with E-state index in [1.807, 2.05) is 0 Å². The summed E-state index contributed by atoms with van der Waals surface area (Å²) in [5.74, 6) is 0.699. The summed E-state index contributed by atoms with van der Waals surface area (Å²) < 4.78 is 6.18. The number of ether oxygens (including phenoxy) is 1. The first-order valence-electron chi connectivity index (χ1n) is 7.42. The van der Waals surface area contributed by atoms with E-state index in [1.54, 1.807) is 18.2 Å². The second kappa shape index (κ2) is 6.55. The van der Waals surface area contributed by atoms with Crippen LogP contribution in [0, 0.1) is 5.41 Å². The molecule has 0 aliphatic heterocycles. The van der Waals surface area contributed by atoms with E-state index in [2.05, 4.69) is 26.1 Å². The fraction of sp³-hybridized carbons (Fsp3) is 0.625. The van der Waals surface area contributed by atoms with Crippen molar-refractivity contribution in [2.24, 2.45) is 5.41 Å². The second-order valence-corrected chi connectivity index (χ2v) is 6.31. The molecule has 1 aliphatic rings. The van der Waals surface area contributed by atoms with Crippen LogP contribution in [0.4, 0.5) is 0 Å². The third kappa shape index (κ3) is 2.79. The average Bonchev–Trinajstić information content (AvgIpc) is 2.43. The van der Waals surface area contributed by atoms with Gasteiger partial charge in [-0.3, -0.25) is 0 Å². The summed E-state index contributed by atoms with van der Waals surface area (Å²) in [6.45, 7) is 7.63. The van der Waals surface area contributed by atoms with Gasteiger partial charge in [-0.1, -0.05) is 44.0 Å². The first-order chi connectivity index (χ1) is 9.57. The van der Waals surface area contributed by atoms with Crippen molar-refractivity contribution in [3.05, 3.63) is 28.2 Å². The molecule has 1 N–H and O–H groups in total. The van der Waals surface area contributed by atoms with Gasteiger partial charge in [-0.25, -0.2) is 0 Å². The Labute approximate surface area is 131 Å². The van der Waals surface area contributed by atoms with Gasteiger partial charge in [-0.15, -0.1) is 0 Å². The monoisotopic (exact) mass is 315 g/mol. The molecule has 1 aliphatic carbocycles. The summed E-state index contributed by atoms with van der Waals surface area (Å²) in [5, 5.41) is 4.86. The Bertz CT molecular complexity index is 460. The molecule has 112 valence electrons. The van der Waals surface area contributed by atoms with Crippen LogP contribution in [-0.4, -0.2) is 18.7 Å². The third-order valence-electron chi connectivity index (χ3n) is 4.71. The number of nitrogens with one attached hydrogen (secondary N) is 1. The molecule has 2 rings (SSSR count). The van der Waals surface area contributed by atoms with Crippen LogP contribution in [0.2, 0.25) is 10.0 Å². The lowest BCUT2D eigenvalue weighted by Crippen LogP contribution is -2.64. The van der Waals surface area contributed by atoms with Crippen molar-refractivity contribution in [1.82, 2.24) is 5.32 Å². The van der Waals surface area contributed by atoms with Crippen molar-refractivity contribution in [1.29, 1.82) is 0 Å². The molecule has 0 amide bonds. The summed E-state index contributed by atoms with van der Waals surface area (Å²) in [4.78, 5) is 0. The van der Waals surface area contributed by atoms with Crippen LogP contribution in [0.3, 0.4) is 0 Å². The van der Waals surface area contributed by atoms with Crippen molar-refractivity contribution in [3.63, 3.8) is 0 Å².